The Morgan fingerprint density at radius 1 is 0.964 bits per heavy atom. The Hall–Kier alpha value is -1.88. The Labute approximate surface area is 167 Å². The van der Waals surface area contributed by atoms with Crippen molar-refractivity contribution in [1.82, 2.24) is 4.90 Å². The third kappa shape index (κ3) is 4.57. The first-order chi connectivity index (χ1) is 13.7. The number of hydrogen-bond acceptors (Lipinski definition) is 4. The average molecular weight is 386 g/mol. The van der Waals surface area contributed by atoms with Crippen molar-refractivity contribution in [1.29, 1.82) is 0 Å². The number of rotatable bonds is 5. The van der Waals surface area contributed by atoms with Crippen molar-refractivity contribution in [3.05, 3.63) is 35.9 Å². The van der Waals surface area contributed by atoms with Gasteiger partial charge in [0.15, 0.2) is 0 Å². The molecule has 1 saturated carbocycles. The molecule has 0 bridgehead atoms. The maximum absolute atomic E-state index is 12.9. The van der Waals surface area contributed by atoms with E-state index in [0.717, 1.165) is 43.5 Å². The number of ether oxygens (including phenoxy) is 2. The van der Waals surface area contributed by atoms with Crippen LogP contribution in [0.15, 0.2) is 30.3 Å². The zero-order valence-corrected chi connectivity index (χ0v) is 16.6. The van der Waals surface area contributed by atoms with Crippen LogP contribution in [0.3, 0.4) is 0 Å². The molecule has 2 saturated heterocycles. The van der Waals surface area contributed by atoms with Crippen LogP contribution >= 0.6 is 0 Å². The van der Waals surface area contributed by atoms with E-state index >= 15 is 0 Å². The third-order valence-electron chi connectivity index (χ3n) is 6.83. The minimum Gasteiger partial charge on any atom is -0.447 e. The summed E-state index contributed by atoms with van der Waals surface area (Å²) < 4.78 is 10.7. The maximum Gasteiger partial charge on any atom is 0.416 e. The summed E-state index contributed by atoms with van der Waals surface area (Å²) in [7, 11) is 0. The van der Waals surface area contributed by atoms with Crippen LogP contribution in [0.5, 0.6) is 0 Å². The standard InChI is InChI=1S/C23H31NO4/c25-22(15-18-6-8-19(9-7-18)20-10-12-27-13-11-20)24-21(16-28-23(24)26)14-17-4-2-1-3-5-17/h1-5,18-21H,6-16H2/t18?,19?,21-/m1/s1. The second-order valence-corrected chi connectivity index (χ2v) is 8.62. The topological polar surface area (TPSA) is 55.8 Å². The molecular formula is C23H31NO4. The second kappa shape index (κ2) is 9.08. The molecular weight excluding hydrogens is 354 g/mol. The summed E-state index contributed by atoms with van der Waals surface area (Å²) >= 11 is 0. The van der Waals surface area contributed by atoms with Crippen LogP contribution in [0, 0.1) is 17.8 Å². The number of amides is 2. The molecule has 0 unspecified atom stereocenters. The van der Waals surface area contributed by atoms with Crippen LogP contribution in [0.25, 0.3) is 0 Å². The normalized spacial score (nSPS) is 28.9. The first-order valence-electron chi connectivity index (χ1n) is 10.8. The Bertz CT molecular complexity index is 662. The lowest BCUT2D eigenvalue weighted by Gasteiger charge is -2.36. The van der Waals surface area contributed by atoms with E-state index in [1.54, 1.807) is 0 Å². The van der Waals surface area contributed by atoms with Crippen LogP contribution in [0.2, 0.25) is 0 Å². The van der Waals surface area contributed by atoms with Crippen molar-refractivity contribution < 1.29 is 19.1 Å². The van der Waals surface area contributed by atoms with Gasteiger partial charge in [0.2, 0.25) is 5.91 Å². The van der Waals surface area contributed by atoms with Gasteiger partial charge >= 0.3 is 6.09 Å². The summed E-state index contributed by atoms with van der Waals surface area (Å²) in [6, 6.07) is 9.82. The smallest absolute Gasteiger partial charge is 0.416 e. The van der Waals surface area contributed by atoms with E-state index in [-0.39, 0.29) is 11.9 Å². The van der Waals surface area contributed by atoms with E-state index in [1.165, 1.54) is 30.6 Å². The summed E-state index contributed by atoms with van der Waals surface area (Å²) in [4.78, 5) is 26.5. The SMILES string of the molecule is O=C(CC1CCC(C2CCOCC2)CC1)N1C(=O)OC[C@H]1Cc1ccccc1. The Morgan fingerprint density at radius 2 is 1.64 bits per heavy atom. The van der Waals surface area contributed by atoms with Gasteiger partial charge in [-0.25, -0.2) is 9.69 Å². The Balaban J connectivity index is 1.29. The van der Waals surface area contributed by atoms with Gasteiger partial charge in [0.1, 0.15) is 6.61 Å². The molecule has 0 spiro atoms. The van der Waals surface area contributed by atoms with Gasteiger partial charge in [0.25, 0.3) is 0 Å². The number of carbonyl (C=O) groups is 2. The maximum atomic E-state index is 12.9. The van der Waals surface area contributed by atoms with E-state index in [2.05, 4.69) is 0 Å². The first-order valence-corrected chi connectivity index (χ1v) is 10.8. The molecule has 0 N–H and O–H groups in total. The molecule has 28 heavy (non-hydrogen) atoms. The quantitative estimate of drug-likeness (QED) is 0.762. The average Bonchev–Trinajstić information content (AvgIpc) is 3.10. The zero-order valence-electron chi connectivity index (χ0n) is 16.6. The Morgan fingerprint density at radius 3 is 2.36 bits per heavy atom. The van der Waals surface area contributed by atoms with Crippen LogP contribution < -0.4 is 0 Å². The molecule has 5 heteroatoms. The van der Waals surface area contributed by atoms with Crippen LogP contribution in [-0.2, 0) is 20.7 Å². The highest BCUT2D eigenvalue weighted by atomic mass is 16.6. The van der Waals surface area contributed by atoms with Gasteiger partial charge in [-0.15, -0.1) is 0 Å². The number of cyclic esters (lactones) is 1. The van der Waals surface area contributed by atoms with Gasteiger partial charge in [-0.2, -0.15) is 0 Å². The fraction of sp³-hybridized carbons (Fsp3) is 0.652. The molecule has 0 radical (unpaired) electrons. The molecule has 1 atom stereocenters. The molecule has 2 heterocycles. The van der Waals surface area contributed by atoms with Crippen LogP contribution in [0.4, 0.5) is 4.79 Å². The molecule has 4 rings (SSSR count). The van der Waals surface area contributed by atoms with Crippen LogP contribution in [0.1, 0.15) is 50.5 Å². The minimum absolute atomic E-state index is 0.0575. The number of hydrogen-bond donors (Lipinski definition) is 0. The molecule has 3 fully saturated rings. The summed E-state index contributed by atoms with van der Waals surface area (Å²) in [5.41, 5.74) is 1.13. The lowest BCUT2D eigenvalue weighted by molar-refractivity contribution is -0.130. The molecule has 5 nitrogen and oxygen atoms in total. The predicted molar refractivity (Wildman–Crippen MR) is 106 cm³/mol. The van der Waals surface area contributed by atoms with E-state index in [1.807, 2.05) is 30.3 Å². The minimum atomic E-state index is -0.471. The molecule has 3 aliphatic rings. The number of benzene rings is 1. The first kappa shape index (κ1) is 19.4. The lowest BCUT2D eigenvalue weighted by atomic mass is 9.72. The molecule has 1 aromatic rings. The molecule has 1 aromatic carbocycles. The van der Waals surface area contributed by atoms with E-state index in [0.29, 0.717) is 25.4 Å². The van der Waals surface area contributed by atoms with Crippen molar-refractivity contribution in [3.63, 3.8) is 0 Å². The second-order valence-electron chi connectivity index (χ2n) is 8.62. The molecule has 152 valence electrons. The number of imide groups is 1. The van der Waals surface area contributed by atoms with Gasteiger partial charge in [-0.1, -0.05) is 30.3 Å². The highest BCUT2D eigenvalue weighted by Gasteiger charge is 2.39. The van der Waals surface area contributed by atoms with E-state index in [4.69, 9.17) is 9.47 Å². The zero-order chi connectivity index (χ0) is 19.3. The van der Waals surface area contributed by atoms with Crippen molar-refractivity contribution in [2.24, 2.45) is 17.8 Å². The van der Waals surface area contributed by atoms with E-state index < -0.39 is 6.09 Å². The fourth-order valence-corrected chi connectivity index (χ4v) is 5.20. The lowest BCUT2D eigenvalue weighted by Crippen LogP contribution is -2.41. The highest BCUT2D eigenvalue weighted by molar-refractivity contribution is 5.93. The summed E-state index contributed by atoms with van der Waals surface area (Å²) in [5, 5.41) is 0. The van der Waals surface area contributed by atoms with Crippen molar-refractivity contribution in [2.45, 2.75) is 57.4 Å². The van der Waals surface area contributed by atoms with Gasteiger partial charge in [-0.05, 0) is 68.3 Å². The van der Waals surface area contributed by atoms with Gasteiger partial charge < -0.3 is 9.47 Å². The Kier molecular flexibility index (Phi) is 6.30. The van der Waals surface area contributed by atoms with Crippen LogP contribution in [-0.4, -0.2) is 42.8 Å². The van der Waals surface area contributed by atoms with Crippen molar-refractivity contribution in [3.8, 4) is 0 Å². The third-order valence-corrected chi connectivity index (χ3v) is 6.83. The molecule has 0 aromatic heterocycles. The van der Waals surface area contributed by atoms with E-state index in [9.17, 15) is 9.59 Å². The number of nitrogens with zero attached hydrogens (tertiary/aromatic N) is 1. The van der Waals surface area contributed by atoms with Gasteiger partial charge in [0.05, 0.1) is 6.04 Å². The predicted octanol–water partition coefficient (Wildman–Crippen LogP) is 4.20. The fourth-order valence-electron chi connectivity index (χ4n) is 5.20. The monoisotopic (exact) mass is 385 g/mol. The van der Waals surface area contributed by atoms with Crippen molar-refractivity contribution >= 4 is 12.0 Å². The molecule has 2 aliphatic heterocycles. The number of carbonyl (C=O) groups excluding carboxylic acids is 2. The van der Waals surface area contributed by atoms with Gasteiger partial charge in [0, 0.05) is 19.6 Å². The van der Waals surface area contributed by atoms with Crippen molar-refractivity contribution in [2.75, 3.05) is 19.8 Å². The highest BCUT2D eigenvalue weighted by Crippen LogP contribution is 2.39. The van der Waals surface area contributed by atoms with Gasteiger partial charge in [-0.3, -0.25) is 4.79 Å². The summed E-state index contributed by atoms with van der Waals surface area (Å²) in [5.74, 6) is 1.93. The molecule has 2 amide bonds. The summed E-state index contributed by atoms with van der Waals surface area (Å²) in [6.07, 6.45) is 7.66. The molecule has 1 aliphatic carbocycles. The summed E-state index contributed by atoms with van der Waals surface area (Å²) in [6.45, 7) is 2.11. The largest absolute Gasteiger partial charge is 0.447 e.